The van der Waals surface area contributed by atoms with E-state index >= 15 is 0 Å². The van der Waals surface area contributed by atoms with Gasteiger partial charge in [-0.1, -0.05) is 15.9 Å². The monoisotopic (exact) mass is 285 g/mol. The summed E-state index contributed by atoms with van der Waals surface area (Å²) < 4.78 is 0.977. The smallest absolute Gasteiger partial charge is 0.115 e. The number of aromatic hydroxyl groups is 1. The molecular formula is C12H16BrNO2. The van der Waals surface area contributed by atoms with E-state index in [4.69, 9.17) is 0 Å². The second kappa shape index (κ2) is 5.17. The molecule has 1 fully saturated rings. The van der Waals surface area contributed by atoms with Crippen molar-refractivity contribution in [3.05, 3.63) is 28.2 Å². The third-order valence-corrected chi connectivity index (χ3v) is 3.84. The summed E-state index contributed by atoms with van der Waals surface area (Å²) in [6, 6.07) is 5.41. The minimum atomic E-state index is -0.226. The highest BCUT2D eigenvalue weighted by atomic mass is 79.9. The lowest BCUT2D eigenvalue weighted by Crippen LogP contribution is -2.35. The first-order chi connectivity index (χ1) is 7.66. The molecule has 16 heavy (non-hydrogen) atoms. The summed E-state index contributed by atoms with van der Waals surface area (Å²) in [6.07, 6.45) is 2.77. The van der Waals surface area contributed by atoms with Gasteiger partial charge in [-0.05, 0) is 43.0 Å². The van der Waals surface area contributed by atoms with Crippen LogP contribution in [-0.4, -0.2) is 22.4 Å². The van der Waals surface area contributed by atoms with E-state index in [-0.39, 0.29) is 17.9 Å². The fourth-order valence-electron chi connectivity index (χ4n) is 2.12. The molecule has 0 saturated heterocycles. The van der Waals surface area contributed by atoms with Crippen LogP contribution in [0.2, 0.25) is 0 Å². The molecule has 1 aromatic carbocycles. The van der Waals surface area contributed by atoms with Crippen LogP contribution in [0, 0.1) is 0 Å². The Morgan fingerprint density at radius 2 is 2.19 bits per heavy atom. The summed E-state index contributed by atoms with van der Waals surface area (Å²) in [5.41, 5.74) is 1.01. The Bertz CT molecular complexity index is 370. The highest BCUT2D eigenvalue weighted by Crippen LogP contribution is 2.23. The SMILES string of the molecule is Oc1ccc(Br)c(CNC2CCCC2O)c1. The maximum atomic E-state index is 9.67. The van der Waals surface area contributed by atoms with Gasteiger partial charge in [0.25, 0.3) is 0 Å². The molecule has 1 saturated carbocycles. The minimum absolute atomic E-state index is 0.189. The number of aliphatic hydroxyl groups excluding tert-OH is 1. The summed E-state index contributed by atoms with van der Waals surface area (Å²) in [7, 11) is 0. The molecule has 0 heterocycles. The zero-order valence-electron chi connectivity index (χ0n) is 8.99. The highest BCUT2D eigenvalue weighted by Gasteiger charge is 2.24. The molecule has 0 radical (unpaired) electrons. The number of aliphatic hydroxyl groups is 1. The molecule has 0 amide bonds. The molecule has 1 aliphatic carbocycles. The van der Waals surface area contributed by atoms with Gasteiger partial charge in [0.2, 0.25) is 0 Å². The summed E-state index contributed by atoms with van der Waals surface area (Å²) in [4.78, 5) is 0. The molecule has 3 nitrogen and oxygen atoms in total. The van der Waals surface area contributed by atoms with Crippen LogP contribution in [0.1, 0.15) is 24.8 Å². The van der Waals surface area contributed by atoms with E-state index in [0.29, 0.717) is 6.54 Å². The average Bonchev–Trinajstić information content (AvgIpc) is 2.66. The van der Waals surface area contributed by atoms with Crippen molar-refractivity contribution in [3.63, 3.8) is 0 Å². The van der Waals surface area contributed by atoms with Crippen molar-refractivity contribution in [2.75, 3.05) is 0 Å². The molecule has 1 aliphatic rings. The van der Waals surface area contributed by atoms with Gasteiger partial charge >= 0.3 is 0 Å². The van der Waals surface area contributed by atoms with Gasteiger partial charge in [0.15, 0.2) is 0 Å². The van der Waals surface area contributed by atoms with Crippen LogP contribution in [0.25, 0.3) is 0 Å². The fourth-order valence-corrected chi connectivity index (χ4v) is 2.50. The molecule has 0 spiro atoms. The average molecular weight is 286 g/mol. The Kier molecular flexibility index (Phi) is 3.84. The lowest BCUT2D eigenvalue weighted by molar-refractivity contribution is 0.148. The molecule has 0 aliphatic heterocycles. The van der Waals surface area contributed by atoms with Gasteiger partial charge < -0.3 is 15.5 Å². The van der Waals surface area contributed by atoms with Gasteiger partial charge in [0, 0.05) is 17.1 Å². The predicted octanol–water partition coefficient (Wildman–Crippen LogP) is 2.16. The molecule has 0 bridgehead atoms. The summed E-state index contributed by atoms with van der Waals surface area (Å²) in [5, 5.41) is 22.4. The Balaban J connectivity index is 1.96. The lowest BCUT2D eigenvalue weighted by Gasteiger charge is -2.17. The van der Waals surface area contributed by atoms with Crippen LogP contribution >= 0.6 is 15.9 Å². The van der Waals surface area contributed by atoms with Crippen LogP contribution in [0.15, 0.2) is 22.7 Å². The number of nitrogens with one attached hydrogen (secondary N) is 1. The number of rotatable bonds is 3. The third-order valence-electron chi connectivity index (χ3n) is 3.06. The summed E-state index contributed by atoms with van der Waals surface area (Å²) in [6.45, 7) is 0.663. The van der Waals surface area contributed by atoms with Crippen LogP contribution < -0.4 is 5.32 Å². The number of halogens is 1. The van der Waals surface area contributed by atoms with Crippen LogP contribution in [0.5, 0.6) is 5.75 Å². The van der Waals surface area contributed by atoms with Crippen LogP contribution in [-0.2, 0) is 6.54 Å². The number of hydrogen-bond acceptors (Lipinski definition) is 3. The quantitative estimate of drug-likeness (QED) is 0.798. The molecule has 1 aromatic rings. The Morgan fingerprint density at radius 3 is 2.88 bits per heavy atom. The standard InChI is InChI=1S/C12H16BrNO2/c13-10-5-4-9(15)6-8(10)7-14-11-2-1-3-12(11)16/h4-6,11-12,14-16H,1-3,7H2. The maximum absolute atomic E-state index is 9.67. The number of hydrogen-bond donors (Lipinski definition) is 3. The molecular weight excluding hydrogens is 270 g/mol. The van der Waals surface area contributed by atoms with Gasteiger partial charge in [-0.25, -0.2) is 0 Å². The zero-order valence-corrected chi connectivity index (χ0v) is 10.6. The van der Waals surface area contributed by atoms with Gasteiger partial charge in [0.05, 0.1) is 6.10 Å². The maximum Gasteiger partial charge on any atom is 0.115 e. The second-order valence-electron chi connectivity index (χ2n) is 4.26. The van der Waals surface area contributed by atoms with E-state index < -0.39 is 0 Å². The van der Waals surface area contributed by atoms with Crippen molar-refractivity contribution < 1.29 is 10.2 Å². The topological polar surface area (TPSA) is 52.5 Å². The van der Waals surface area contributed by atoms with Crippen molar-refractivity contribution in [1.82, 2.24) is 5.32 Å². The second-order valence-corrected chi connectivity index (χ2v) is 5.12. The summed E-state index contributed by atoms with van der Waals surface area (Å²) in [5.74, 6) is 0.270. The number of benzene rings is 1. The molecule has 2 rings (SSSR count). The normalized spacial score (nSPS) is 24.9. The number of phenolic OH excluding ortho intramolecular Hbond substituents is 1. The van der Waals surface area contributed by atoms with Crippen molar-refractivity contribution >= 4 is 15.9 Å². The Morgan fingerprint density at radius 1 is 1.38 bits per heavy atom. The van der Waals surface area contributed by atoms with Crippen molar-refractivity contribution in [3.8, 4) is 5.75 Å². The molecule has 88 valence electrons. The molecule has 3 N–H and O–H groups in total. The molecule has 2 atom stereocenters. The largest absolute Gasteiger partial charge is 0.508 e. The van der Waals surface area contributed by atoms with E-state index in [0.717, 1.165) is 29.3 Å². The number of phenols is 1. The van der Waals surface area contributed by atoms with Gasteiger partial charge in [-0.3, -0.25) is 0 Å². The lowest BCUT2D eigenvalue weighted by atomic mass is 10.1. The van der Waals surface area contributed by atoms with E-state index in [1.807, 2.05) is 6.07 Å². The fraction of sp³-hybridized carbons (Fsp3) is 0.500. The van der Waals surface area contributed by atoms with Crippen LogP contribution in [0.4, 0.5) is 0 Å². The van der Waals surface area contributed by atoms with E-state index in [2.05, 4.69) is 21.2 Å². The van der Waals surface area contributed by atoms with E-state index in [1.165, 1.54) is 0 Å². The predicted molar refractivity (Wildman–Crippen MR) is 66.3 cm³/mol. The van der Waals surface area contributed by atoms with Crippen molar-refractivity contribution in [2.45, 2.75) is 38.0 Å². The van der Waals surface area contributed by atoms with Crippen LogP contribution in [0.3, 0.4) is 0 Å². The van der Waals surface area contributed by atoms with E-state index in [9.17, 15) is 10.2 Å². The summed E-state index contributed by atoms with van der Waals surface area (Å²) >= 11 is 3.44. The Hall–Kier alpha value is -0.580. The first kappa shape index (κ1) is 11.9. The highest BCUT2D eigenvalue weighted by molar-refractivity contribution is 9.10. The van der Waals surface area contributed by atoms with Crippen molar-refractivity contribution in [2.24, 2.45) is 0 Å². The van der Waals surface area contributed by atoms with Gasteiger partial charge in [-0.15, -0.1) is 0 Å². The first-order valence-electron chi connectivity index (χ1n) is 5.55. The van der Waals surface area contributed by atoms with Gasteiger partial charge in [0.1, 0.15) is 5.75 Å². The first-order valence-corrected chi connectivity index (χ1v) is 6.35. The molecule has 2 unspecified atom stereocenters. The van der Waals surface area contributed by atoms with Gasteiger partial charge in [-0.2, -0.15) is 0 Å². The third kappa shape index (κ3) is 2.75. The van der Waals surface area contributed by atoms with E-state index in [1.54, 1.807) is 12.1 Å². The van der Waals surface area contributed by atoms with Crippen molar-refractivity contribution in [1.29, 1.82) is 0 Å². The Labute approximate surface area is 104 Å². The molecule has 4 heteroatoms. The molecule has 0 aromatic heterocycles. The zero-order chi connectivity index (χ0) is 11.5. The minimum Gasteiger partial charge on any atom is -0.508 e.